The molecule has 0 amide bonds. The predicted octanol–water partition coefficient (Wildman–Crippen LogP) is 2.87. The lowest BCUT2D eigenvalue weighted by molar-refractivity contribution is -0.380. The molecule has 0 unspecified atom stereocenters. The molecule has 128 valence electrons. The zero-order chi connectivity index (χ0) is 17.4. The summed E-state index contributed by atoms with van der Waals surface area (Å²) < 4.78 is 13.3. The Morgan fingerprint density at radius 1 is 1.24 bits per heavy atom. The van der Waals surface area contributed by atoms with E-state index in [2.05, 4.69) is 10.2 Å². The minimum atomic E-state index is -0.449. The number of rotatable bonds is 4. The largest absolute Gasteiger partial charge is 0.486 e. The molecule has 0 saturated carbocycles. The van der Waals surface area contributed by atoms with Crippen molar-refractivity contribution in [3.05, 3.63) is 40.4 Å². The minimum Gasteiger partial charge on any atom is -0.486 e. The number of hydrogen-bond donors (Lipinski definition) is 1. The van der Waals surface area contributed by atoms with Crippen LogP contribution in [0.1, 0.15) is 0 Å². The number of hydrogen-bond acceptors (Lipinski definition) is 9. The molecule has 0 radical (unpaired) electrons. The molecule has 9 nitrogen and oxygen atoms in total. The Bertz CT molecular complexity index is 955. The lowest BCUT2D eigenvalue weighted by Crippen LogP contribution is -2.17. The van der Waals surface area contributed by atoms with Crippen molar-refractivity contribution in [2.45, 2.75) is 9.37 Å². The van der Waals surface area contributed by atoms with Crippen LogP contribution in [-0.2, 0) is 0 Å². The van der Waals surface area contributed by atoms with Gasteiger partial charge in [-0.15, -0.1) is 5.10 Å². The first-order valence-corrected chi connectivity index (χ1v) is 8.72. The summed E-state index contributed by atoms with van der Waals surface area (Å²) in [5.41, 5.74) is 0.535. The summed E-state index contributed by atoms with van der Waals surface area (Å²) in [6.07, 6.45) is 0. The fraction of sp³-hybridized carbons (Fsp3) is 0.143. The van der Waals surface area contributed by atoms with Crippen molar-refractivity contribution in [2.75, 3.05) is 13.2 Å². The van der Waals surface area contributed by atoms with Crippen LogP contribution in [-0.4, -0.2) is 38.0 Å². The molecule has 4 rings (SSSR count). The van der Waals surface area contributed by atoms with E-state index < -0.39 is 4.92 Å². The smallest absolute Gasteiger partial charge is 0.325 e. The van der Waals surface area contributed by atoms with Crippen LogP contribution < -0.4 is 9.47 Å². The summed E-state index contributed by atoms with van der Waals surface area (Å²) in [6, 6.07) is 8.04. The van der Waals surface area contributed by atoms with Crippen LogP contribution in [0.2, 0.25) is 0 Å². The first-order chi connectivity index (χ1) is 12.1. The number of aromatic hydroxyl groups is 1. The Morgan fingerprint density at radius 3 is 2.88 bits per heavy atom. The van der Waals surface area contributed by atoms with Gasteiger partial charge in [0.2, 0.25) is 5.16 Å². The third kappa shape index (κ3) is 2.87. The van der Waals surface area contributed by atoms with Gasteiger partial charge < -0.3 is 14.6 Å². The summed E-state index contributed by atoms with van der Waals surface area (Å²) in [5.74, 6) is 1.06. The van der Waals surface area contributed by atoms with Gasteiger partial charge in [-0.25, -0.2) is 4.57 Å². The molecule has 2 aromatic heterocycles. The first-order valence-electron chi connectivity index (χ1n) is 7.09. The van der Waals surface area contributed by atoms with Crippen LogP contribution in [0.4, 0.5) is 5.00 Å². The molecule has 1 aliphatic heterocycles. The maximum atomic E-state index is 10.8. The van der Waals surface area contributed by atoms with Crippen LogP contribution in [0, 0.1) is 10.1 Å². The highest BCUT2D eigenvalue weighted by atomic mass is 32.2. The number of fused-ring (bicyclic) bond motifs is 1. The van der Waals surface area contributed by atoms with Crippen LogP contribution in [0.15, 0.2) is 39.7 Å². The van der Waals surface area contributed by atoms with Gasteiger partial charge in [0.15, 0.2) is 11.5 Å². The molecule has 11 heteroatoms. The number of para-hydroxylation sites is 1. The van der Waals surface area contributed by atoms with E-state index in [-0.39, 0.29) is 11.0 Å². The normalized spacial score (nSPS) is 13.0. The van der Waals surface area contributed by atoms with E-state index >= 15 is 0 Å². The Morgan fingerprint density at radius 2 is 2.08 bits per heavy atom. The average molecular weight is 378 g/mol. The Kier molecular flexibility index (Phi) is 3.93. The Labute approximate surface area is 149 Å². The Hall–Kier alpha value is -2.79. The van der Waals surface area contributed by atoms with Crippen molar-refractivity contribution in [2.24, 2.45) is 0 Å². The van der Waals surface area contributed by atoms with E-state index in [0.29, 0.717) is 39.8 Å². The van der Waals surface area contributed by atoms with E-state index in [4.69, 9.17) is 9.47 Å². The van der Waals surface area contributed by atoms with E-state index in [1.165, 1.54) is 22.4 Å². The van der Waals surface area contributed by atoms with Crippen LogP contribution in [0.3, 0.4) is 0 Å². The molecule has 0 atom stereocenters. The van der Waals surface area contributed by atoms with Crippen LogP contribution >= 0.6 is 23.1 Å². The monoisotopic (exact) mass is 378 g/mol. The van der Waals surface area contributed by atoms with Crippen molar-refractivity contribution in [1.29, 1.82) is 0 Å². The fourth-order valence-corrected chi connectivity index (χ4v) is 4.20. The molecule has 0 fully saturated rings. The van der Waals surface area contributed by atoms with E-state index in [9.17, 15) is 15.2 Å². The first kappa shape index (κ1) is 15.7. The zero-order valence-corrected chi connectivity index (χ0v) is 14.1. The quantitative estimate of drug-likeness (QED) is 0.545. The highest BCUT2D eigenvalue weighted by Gasteiger charge is 2.23. The number of nitro groups is 1. The summed E-state index contributed by atoms with van der Waals surface area (Å²) in [4.78, 5) is 10.4. The van der Waals surface area contributed by atoms with Crippen LogP contribution in [0.5, 0.6) is 17.5 Å². The van der Waals surface area contributed by atoms with Gasteiger partial charge in [-0.1, -0.05) is 22.5 Å². The summed E-state index contributed by atoms with van der Waals surface area (Å²) in [7, 11) is 0. The molecule has 3 heterocycles. The van der Waals surface area contributed by atoms with Crippen molar-refractivity contribution < 1.29 is 19.5 Å². The lowest BCUT2D eigenvalue weighted by atomic mass is 10.2. The van der Waals surface area contributed by atoms with Gasteiger partial charge in [0.05, 0.1) is 14.8 Å². The van der Waals surface area contributed by atoms with E-state index in [1.807, 2.05) is 0 Å². The minimum absolute atomic E-state index is 0.0339. The zero-order valence-electron chi connectivity index (χ0n) is 12.5. The second-order valence-corrected chi connectivity index (χ2v) is 7.20. The molecule has 3 aromatic rings. The Balaban J connectivity index is 1.74. The van der Waals surface area contributed by atoms with E-state index in [1.54, 1.807) is 24.3 Å². The SMILES string of the molecule is O=[N+]([O-])c1ccc(Sc2nnc(O)n2-c2cccc3c2OCCO3)s1. The van der Waals surface area contributed by atoms with Gasteiger partial charge in [0, 0.05) is 6.07 Å². The van der Waals surface area contributed by atoms with Crippen LogP contribution in [0.25, 0.3) is 5.69 Å². The van der Waals surface area contributed by atoms with Gasteiger partial charge in [-0.05, 0) is 30.0 Å². The number of benzene rings is 1. The summed E-state index contributed by atoms with van der Waals surface area (Å²) in [6.45, 7) is 0.845. The summed E-state index contributed by atoms with van der Waals surface area (Å²) in [5, 5.41) is 29.0. The highest BCUT2D eigenvalue weighted by molar-refractivity contribution is 8.01. The molecule has 1 N–H and O–H groups in total. The number of thiophene rings is 1. The molecule has 0 saturated heterocycles. The maximum absolute atomic E-state index is 10.8. The second-order valence-electron chi connectivity index (χ2n) is 4.87. The van der Waals surface area contributed by atoms with E-state index in [0.717, 1.165) is 11.3 Å². The number of nitrogens with zero attached hydrogens (tertiary/aromatic N) is 4. The standard InChI is InChI=1S/C14H10N4O5S2/c19-13-15-16-14(25-11-5-4-10(24-11)18(20)21)17(13)8-2-1-3-9-12(8)23-7-6-22-9/h1-5H,6-7H2,(H,15,19). The van der Waals surface area contributed by atoms with Gasteiger partial charge >= 0.3 is 11.0 Å². The fourth-order valence-electron chi connectivity index (χ4n) is 2.33. The molecule has 0 bridgehead atoms. The van der Waals surface area contributed by atoms with Gasteiger partial charge in [0.1, 0.15) is 13.2 Å². The lowest BCUT2D eigenvalue weighted by Gasteiger charge is -2.21. The molecular formula is C14H10N4O5S2. The van der Waals surface area contributed by atoms with Gasteiger partial charge in [0.25, 0.3) is 0 Å². The maximum Gasteiger partial charge on any atom is 0.325 e. The molecule has 25 heavy (non-hydrogen) atoms. The molecule has 0 spiro atoms. The third-order valence-electron chi connectivity index (χ3n) is 3.34. The summed E-state index contributed by atoms with van der Waals surface area (Å²) >= 11 is 2.19. The molecular weight excluding hydrogens is 368 g/mol. The topological polar surface area (TPSA) is 113 Å². The molecule has 1 aliphatic rings. The second kappa shape index (κ2) is 6.26. The van der Waals surface area contributed by atoms with Crippen molar-refractivity contribution in [3.8, 4) is 23.2 Å². The number of aromatic nitrogens is 3. The third-order valence-corrected chi connectivity index (χ3v) is 5.46. The molecule has 0 aliphatic carbocycles. The number of ether oxygens (including phenoxy) is 2. The van der Waals surface area contributed by atoms with Crippen molar-refractivity contribution in [3.63, 3.8) is 0 Å². The molecule has 1 aromatic carbocycles. The van der Waals surface area contributed by atoms with Gasteiger partial charge in [-0.3, -0.25) is 10.1 Å². The van der Waals surface area contributed by atoms with Gasteiger partial charge in [-0.2, -0.15) is 0 Å². The predicted molar refractivity (Wildman–Crippen MR) is 89.1 cm³/mol. The van der Waals surface area contributed by atoms with Crippen molar-refractivity contribution in [1.82, 2.24) is 14.8 Å². The highest BCUT2D eigenvalue weighted by Crippen LogP contribution is 2.42. The van der Waals surface area contributed by atoms with Crippen molar-refractivity contribution >= 4 is 28.1 Å². The average Bonchev–Trinajstić information content (AvgIpc) is 3.22.